The van der Waals surface area contributed by atoms with Crippen molar-refractivity contribution in [1.29, 1.82) is 0 Å². The van der Waals surface area contributed by atoms with E-state index in [0.717, 1.165) is 3.57 Å². The van der Waals surface area contributed by atoms with Crippen LogP contribution in [0, 0.1) is 3.57 Å². The second kappa shape index (κ2) is 9.38. The summed E-state index contributed by atoms with van der Waals surface area (Å²) in [7, 11) is 0. The number of anilines is 1. The van der Waals surface area contributed by atoms with Crippen molar-refractivity contribution >= 4 is 57.4 Å². The Bertz CT molecular complexity index is 701. The first-order chi connectivity index (χ1) is 11.5. The van der Waals surface area contributed by atoms with Crippen molar-refractivity contribution in [2.45, 2.75) is 6.42 Å². The maximum absolute atomic E-state index is 11.7. The number of amides is 2. The lowest BCUT2D eigenvalue weighted by molar-refractivity contribution is -0.147. The Kier molecular flexibility index (Phi) is 7.19. The van der Waals surface area contributed by atoms with Crippen LogP contribution in [0.4, 0.5) is 5.69 Å². The standard InChI is InChI=1S/C16H15IN2O4S/c17-11-3-5-12(6-4-11)19-14(20)10-23-15(21)7-8-18-16(22)13-2-1-9-24-13/h1-6,9H,7-8,10H2,(H,18,22)(H,19,20). The minimum atomic E-state index is -0.542. The van der Waals surface area contributed by atoms with E-state index in [2.05, 4.69) is 33.2 Å². The molecule has 24 heavy (non-hydrogen) atoms. The second-order valence-corrected chi connectivity index (χ2v) is 6.89. The molecule has 1 aromatic heterocycles. The molecule has 0 radical (unpaired) electrons. The van der Waals surface area contributed by atoms with Crippen LogP contribution < -0.4 is 10.6 Å². The summed E-state index contributed by atoms with van der Waals surface area (Å²) in [5.41, 5.74) is 0.639. The van der Waals surface area contributed by atoms with Crippen molar-refractivity contribution in [3.8, 4) is 0 Å². The summed E-state index contributed by atoms with van der Waals surface area (Å²) < 4.78 is 5.93. The van der Waals surface area contributed by atoms with E-state index < -0.39 is 11.9 Å². The lowest BCUT2D eigenvalue weighted by Gasteiger charge is -2.07. The molecule has 0 bridgehead atoms. The Hall–Kier alpha value is -1.94. The minimum absolute atomic E-state index is 0.00786. The average molecular weight is 458 g/mol. The van der Waals surface area contributed by atoms with Crippen molar-refractivity contribution in [3.05, 3.63) is 50.2 Å². The number of rotatable bonds is 7. The van der Waals surface area contributed by atoms with Crippen LogP contribution in [-0.2, 0) is 14.3 Å². The topological polar surface area (TPSA) is 84.5 Å². The number of halogens is 1. The second-order valence-electron chi connectivity index (χ2n) is 4.70. The molecule has 0 fully saturated rings. The first kappa shape index (κ1) is 18.4. The van der Waals surface area contributed by atoms with Crippen LogP contribution in [0.25, 0.3) is 0 Å². The highest BCUT2D eigenvalue weighted by Crippen LogP contribution is 2.11. The van der Waals surface area contributed by atoms with Gasteiger partial charge in [-0.1, -0.05) is 6.07 Å². The third kappa shape index (κ3) is 6.28. The molecule has 6 nitrogen and oxygen atoms in total. The molecule has 0 atom stereocenters. The predicted octanol–water partition coefficient (Wildman–Crippen LogP) is 2.65. The van der Waals surface area contributed by atoms with E-state index in [9.17, 15) is 14.4 Å². The molecule has 8 heteroatoms. The molecule has 1 heterocycles. The number of esters is 1. The average Bonchev–Trinajstić information content (AvgIpc) is 3.10. The molecule has 0 saturated heterocycles. The van der Waals surface area contributed by atoms with E-state index >= 15 is 0 Å². The third-order valence-corrected chi connectivity index (χ3v) is 4.44. The number of nitrogens with one attached hydrogen (secondary N) is 2. The van der Waals surface area contributed by atoms with Gasteiger partial charge in [0, 0.05) is 15.8 Å². The SMILES string of the molecule is O=C(COC(=O)CCNC(=O)c1cccs1)Nc1ccc(I)cc1. The number of carbonyl (C=O) groups is 3. The van der Waals surface area contributed by atoms with Crippen LogP contribution in [0.5, 0.6) is 0 Å². The first-order valence-corrected chi connectivity index (χ1v) is 9.03. The van der Waals surface area contributed by atoms with Crippen molar-refractivity contribution in [1.82, 2.24) is 5.32 Å². The van der Waals surface area contributed by atoms with Crippen molar-refractivity contribution in [2.24, 2.45) is 0 Å². The molecule has 0 aliphatic heterocycles. The van der Waals surface area contributed by atoms with E-state index in [0.29, 0.717) is 10.6 Å². The number of benzene rings is 1. The summed E-state index contributed by atoms with van der Waals surface area (Å²) in [5, 5.41) is 7.05. The summed E-state index contributed by atoms with van der Waals surface area (Å²) in [6.45, 7) is -0.196. The number of hydrogen-bond donors (Lipinski definition) is 2. The zero-order valence-corrected chi connectivity index (χ0v) is 15.6. The highest BCUT2D eigenvalue weighted by molar-refractivity contribution is 14.1. The smallest absolute Gasteiger partial charge is 0.308 e. The summed E-state index contributed by atoms with van der Waals surface area (Å²) in [6.07, 6.45) is 0.00786. The monoisotopic (exact) mass is 458 g/mol. The Balaban J connectivity index is 1.63. The summed E-state index contributed by atoms with van der Waals surface area (Å²) >= 11 is 3.49. The van der Waals surface area contributed by atoms with E-state index in [1.54, 1.807) is 29.6 Å². The maximum Gasteiger partial charge on any atom is 0.308 e. The number of ether oxygens (including phenoxy) is 1. The van der Waals surface area contributed by atoms with Gasteiger partial charge in [-0.3, -0.25) is 14.4 Å². The molecular weight excluding hydrogens is 443 g/mol. The number of thiophene rings is 1. The molecule has 0 aliphatic carbocycles. The van der Waals surface area contributed by atoms with Gasteiger partial charge in [-0.25, -0.2) is 0 Å². The van der Waals surface area contributed by atoms with Gasteiger partial charge in [0.25, 0.3) is 11.8 Å². The van der Waals surface area contributed by atoms with Gasteiger partial charge in [0.2, 0.25) is 0 Å². The van der Waals surface area contributed by atoms with E-state index in [1.165, 1.54) is 11.3 Å². The van der Waals surface area contributed by atoms with Crippen molar-refractivity contribution in [3.63, 3.8) is 0 Å². The van der Waals surface area contributed by atoms with E-state index in [1.807, 2.05) is 12.1 Å². The number of carbonyl (C=O) groups excluding carboxylic acids is 3. The molecule has 0 aliphatic rings. The first-order valence-electron chi connectivity index (χ1n) is 7.07. The van der Waals surface area contributed by atoms with E-state index in [-0.39, 0.29) is 25.5 Å². The minimum Gasteiger partial charge on any atom is -0.456 e. The quantitative estimate of drug-likeness (QED) is 0.494. The molecular formula is C16H15IN2O4S. The molecule has 2 rings (SSSR count). The van der Waals surface area contributed by atoms with Gasteiger partial charge >= 0.3 is 5.97 Å². The van der Waals surface area contributed by atoms with Gasteiger partial charge in [0.15, 0.2) is 6.61 Å². The third-order valence-electron chi connectivity index (χ3n) is 2.85. The molecule has 1 aromatic carbocycles. The summed E-state index contributed by atoms with van der Waals surface area (Å²) in [6, 6.07) is 10.7. The highest BCUT2D eigenvalue weighted by Gasteiger charge is 2.10. The molecule has 2 amide bonds. The largest absolute Gasteiger partial charge is 0.456 e. The summed E-state index contributed by atoms with van der Waals surface area (Å²) in [5.74, 6) is -1.18. The van der Waals surface area contributed by atoms with Crippen molar-refractivity contribution < 1.29 is 19.1 Å². The Morgan fingerprint density at radius 1 is 1.12 bits per heavy atom. The van der Waals surface area contributed by atoms with Crippen molar-refractivity contribution in [2.75, 3.05) is 18.5 Å². The molecule has 0 saturated carbocycles. The molecule has 0 spiro atoms. The zero-order chi connectivity index (χ0) is 17.4. The van der Waals surface area contributed by atoms with Crippen LogP contribution >= 0.6 is 33.9 Å². The Morgan fingerprint density at radius 3 is 2.54 bits per heavy atom. The van der Waals surface area contributed by atoms with Crippen LogP contribution in [0.2, 0.25) is 0 Å². The lowest BCUT2D eigenvalue weighted by atomic mass is 10.3. The van der Waals surface area contributed by atoms with Gasteiger partial charge in [-0.15, -0.1) is 11.3 Å². The molecule has 0 unspecified atom stereocenters. The Labute approximate surface area is 156 Å². The zero-order valence-electron chi connectivity index (χ0n) is 12.6. The maximum atomic E-state index is 11.7. The van der Waals surface area contributed by atoms with Gasteiger partial charge in [-0.05, 0) is 58.3 Å². The van der Waals surface area contributed by atoms with Crippen LogP contribution in [0.1, 0.15) is 16.1 Å². The summed E-state index contributed by atoms with van der Waals surface area (Å²) in [4.78, 5) is 35.5. The van der Waals surface area contributed by atoms with Gasteiger partial charge in [0.05, 0.1) is 11.3 Å². The van der Waals surface area contributed by atoms with Crippen LogP contribution in [0.15, 0.2) is 41.8 Å². The predicted molar refractivity (Wildman–Crippen MR) is 100 cm³/mol. The fourth-order valence-electron chi connectivity index (χ4n) is 1.72. The van der Waals surface area contributed by atoms with Gasteiger partial charge < -0.3 is 15.4 Å². The van der Waals surface area contributed by atoms with Gasteiger partial charge in [0.1, 0.15) is 0 Å². The lowest BCUT2D eigenvalue weighted by Crippen LogP contribution is -2.27. The normalized spacial score (nSPS) is 10.0. The van der Waals surface area contributed by atoms with E-state index in [4.69, 9.17) is 4.74 Å². The van der Waals surface area contributed by atoms with Gasteiger partial charge in [-0.2, -0.15) is 0 Å². The fourth-order valence-corrected chi connectivity index (χ4v) is 2.72. The van der Waals surface area contributed by atoms with Crippen LogP contribution in [-0.4, -0.2) is 30.9 Å². The molecule has 2 aromatic rings. The molecule has 2 N–H and O–H groups in total. The fraction of sp³-hybridized carbons (Fsp3) is 0.188. The highest BCUT2D eigenvalue weighted by atomic mass is 127. The van der Waals surface area contributed by atoms with Crippen LogP contribution in [0.3, 0.4) is 0 Å². The molecule has 126 valence electrons. The Morgan fingerprint density at radius 2 is 1.88 bits per heavy atom. The number of hydrogen-bond acceptors (Lipinski definition) is 5.